The van der Waals surface area contributed by atoms with E-state index in [0.29, 0.717) is 24.3 Å². The molecule has 2 atom stereocenters. The van der Waals surface area contributed by atoms with Gasteiger partial charge >= 0.3 is 0 Å². The van der Waals surface area contributed by atoms with Gasteiger partial charge in [0.2, 0.25) is 11.8 Å². The van der Waals surface area contributed by atoms with Gasteiger partial charge in [0.1, 0.15) is 47.4 Å². The molecular formula is C39H34Cl2N6O23S7. The number of fused-ring (bicyclic) bond motifs is 3. The number of halogens is 2. The Hall–Kier alpha value is -5.81. The molecule has 38 heteroatoms. The molecular weight excluding hydrogens is 1220 g/mol. The summed E-state index contributed by atoms with van der Waals surface area (Å²) in [6.07, 6.45) is 0. The lowest BCUT2D eigenvalue weighted by atomic mass is 10.0. The number of nitrogens with zero attached hydrogens (tertiary/aromatic N) is 4. The molecule has 0 fully saturated rings. The Morgan fingerprint density at radius 1 is 0.506 bits per heavy atom. The van der Waals surface area contributed by atoms with E-state index in [1.54, 1.807) is 0 Å². The van der Waals surface area contributed by atoms with Gasteiger partial charge in [0.25, 0.3) is 50.6 Å². The molecule has 6 aromatic rings. The number of benzene rings is 6. The van der Waals surface area contributed by atoms with Gasteiger partial charge in [0.15, 0.2) is 33.7 Å². The standard InChI is InChI=1S/C39H34Cl2N6O23S7/c1-18-10-25-21(2-4-27(38(25)76(63,64)65)42-32(48)16-71(52)69-8-6-40)36(50)34(18)46-44-19-11-23-24(29(13-19)73(54,55)56)12-20(14-30(23)74(57,58)59)45-47-35-31(75(60,61)62)15-26-22(37(35)51)3-5-28(39(26)77(66,67)68)43-33(49)17-72(53)70-9-7-41/h2-5,10-15,50-51H,6-9,16-17H2,1H3,(H,42,48)(H,43,49)(H,54,55,56)(H,57,58,59)(H,60,61,62)(H,63,64,65)(H,66,67,68). The van der Waals surface area contributed by atoms with Crippen molar-refractivity contribution < 1.29 is 101 Å². The van der Waals surface area contributed by atoms with Crippen molar-refractivity contribution in [2.45, 2.75) is 31.4 Å². The van der Waals surface area contributed by atoms with Crippen molar-refractivity contribution in [3.8, 4) is 11.5 Å². The molecule has 414 valence electrons. The second-order valence-electron chi connectivity index (χ2n) is 15.3. The minimum atomic E-state index is -5.62. The molecule has 0 spiro atoms. The number of carbonyl (C=O) groups excluding carboxylic acids is 2. The first-order chi connectivity index (χ1) is 35.6. The van der Waals surface area contributed by atoms with Crippen molar-refractivity contribution in [1.29, 1.82) is 0 Å². The summed E-state index contributed by atoms with van der Waals surface area (Å²) in [6.45, 7) is 0.822. The quantitative estimate of drug-likeness (QED) is 0.0239. The predicted octanol–water partition coefficient (Wildman–Crippen LogP) is 5.65. The van der Waals surface area contributed by atoms with Crippen LogP contribution < -0.4 is 10.6 Å². The Balaban J connectivity index is 1.47. The van der Waals surface area contributed by atoms with E-state index in [1.165, 1.54) is 6.92 Å². The number of amides is 2. The van der Waals surface area contributed by atoms with Crippen LogP contribution in [0.1, 0.15) is 5.56 Å². The Morgan fingerprint density at radius 3 is 1.26 bits per heavy atom. The first kappa shape index (κ1) is 60.4. The molecule has 77 heavy (non-hydrogen) atoms. The second kappa shape index (κ2) is 23.3. The lowest BCUT2D eigenvalue weighted by molar-refractivity contribution is -0.114. The van der Waals surface area contributed by atoms with E-state index < -0.39 is 188 Å². The Bertz CT molecular complexity index is 4180. The molecule has 0 bridgehead atoms. The zero-order chi connectivity index (χ0) is 57.3. The minimum Gasteiger partial charge on any atom is -0.505 e. The summed E-state index contributed by atoms with van der Waals surface area (Å²) in [4.78, 5) is 19.2. The highest BCUT2D eigenvalue weighted by Gasteiger charge is 2.30. The third-order valence-electron chi connectivity index (χ3n) is 10.1. The second-order valence-corrected chi connectivity index (χ2v) is 25.2. The number of aromatic hydroxyl groups is 2. The van der Waals surface area contributed by atoms with E-state index in [1.807, 2.05) is 5.32 Å². The summed E-state index contributed by atoms with van der Waals surface area (Å²) in [5.41, 5.74) is -4.47. The van der Waals surface area contributed by atoms with Gasteiger partial charge in [-0.3, -0.25) is 40.7 Å². The van der Waals surface area contributed by atoms with Gasteiger partial charge < -0.3 is 20.8 Å². The van der Waals surface area contributed by atoms with Crippen LogP contribution >= 0.6 is 23.2 Å². The smallest absolute Gasteiger partial charge is 0.297 e. The number of aryl methyl sites for hydroxylation is 1. The van der Waals surface area contributed by atoms with Gasteiger partial charge in [-0.2, -0.15) is 52.3 Å². The largest absolute Gasteiger partial charge is 0.505 e. The molecule has 29 nitrogen and oxygen atoms in total. The SMILES string of the molecule is Cc1cc2c(S(=O)(=O)O)c(NC(=O)CS(=O)OCCCl)ccc2c(O)c1N=Nc1cc(S(=O)(=O)O)c2cc(N=Nc3c(S(=O)(=O)O)cc4c(S(=O)(=O)O)c(NC(=O)CS(=O)OCCCl)ccc4c3O)cc(S(=O)(=O)O)c2c1. The first-order valence-corrected chi connectivity index (χ1v) is 31.1. The van der Waals surface area contributed by atoms with E-state index in [9.17, 15) is 93.1 Å². The average molecular weight is 1250 g/mol. The third-order valence-corrected chi connectivity index (χ3v) is 16.8. The molecule has 0 saturated heterocycles. The van der Waals surface area contributed by atoms with E-state index >= 15 is 0 Å². The minimum absolute atomic E-state index is 0.0553. The number of hydrogen-bond acceptors (Lipinski definition) is 22. The molecule has 9 N–H and O–H groups in total. The Kier molecular flexibility index (Phi) is 18.3. The fraction of sp³-hybridized carbons (Fsp3) is 0.179. The molecule has 6 rings (SSSR count). The number of carbonyl (C=O) groups is 2. The molecule has 0 aliphatic heterocycles. The number of hydrogen-bond donors (Lipinski definition) is 9. The highest BCUT2D eigenvalue weighted by atomic mass is 35.5. The molecule has 2 unspecified atom stereocenters. The van der Waals surface area contributed by atoms with Gasteiger partial charge in [-0.05, 0) is 73.2 Å². The Morgan fingerprint density at radius 2 is 0.883 bits per heavy atom. The summed E-state index contributed by atoms with van der Waals surface area (Å²) >= 11 is 6.46. The number of anilines is 2. The van der Waals surface area contributed by atoms with E-state index in [4.69, 9.17) is 31.6 Å². The Labute approximate surface area is 449 Å². The third kappa shape index (κ3) is 14.1. The summed E-state index contributed by atoms with van der Waals surface area (Å²) < 4.78 is 213. The van der Waals surface area contributed by atoms with E-state index in [0.717, 1.165) is 36.4 Å². The average Bonchev–Trinajstić information content (AvgIpc) is 3.33. The van der Waals surface area contributed by atoms with Crippen molar-refractivity contribution in [3.63, 3.8) is 0 Å². The lowest BCUT2D eigenvalue weighted by Crippen LogP contribution is -2.22. The highest BCUT2D eigenvalue weighted by Crippen LogP contribution is 2.47. The summed E-state index contributed by atoms with van der Waals surface area (Å²) in [5.74, 6) is -6.15. The molecule has 0 aliphatic rings. The van der Waals surface area contributed by atoms with Crippen molar-refractivity contribution in [1.82, 2.24) is 0 Å². The van der Waals surface area contributed by atoms with Crippen LogP contribution in [0, 0.1) is 6.92 Å². The number of phenolic OH excluding ortho intramolecular Hbond substituents is 2. The number of alkyl halides is 2. The highest BCUT2D eigenvalue weighted by molar-refractivity contribution is 7.87. The summed E-state index contributed by atoms with van der Waals surface area (Å²) in [7, 11) is -27.3. The number of phenols is 2. The maximum atomic E-state index is 12.9. The van der Waals surface area contributed by atoms with Crippen LogP contribution in [0.4, 0.5) is 34.1 Å². The molecule has 0 radical (unpaired) electrons. The maximum absolute atomic E-state index is 12.9. The number of nitrogens with one attached hydrogen (secondary N) is 2. The predicted molar refractivity (Wildman–Crippen MR) is 274 cm³/mol. The van der Waals surface area contributed by atoms with Crippen LogP contribution in [0.2, 0.25) is 0 Å². The molecule has 2 amide bonds. The molecule has 0 heterocycles. The van der Waals surface area contributed by atoms with E-state index in [2.05, 4.69) is 25.8 Å². The molecule has 0 saturated carbocycles. The van der Waals surface area contributed by atoms with Gasteiger partial charge in [0, 0.05) is 44.1 Å². The van der Waals surface area contributed by atoms with E-state index in [-0.39, 0.29) is 41.3 Å². The fourth-order valence-electron chi connectivity index (χ4n) is 7.16. The van der Waals surface area contributed by atoms with Crippen molar-refractivity contribution in [2.24, 2.45) is 20.5 Å². The van der Waals surface area contributed by atoms with Gasteiger partial charge in [-0.1, -0.05) is 0 Å². The topological polar surface area (TPSA) is 473 Å². The van der Waals surface area contributed by atoms with Gasteiger partial charge in [-0.15, -0.1) is 33.4 Å². The molecule has 0 aliphatic carbocycles. The zero-order valence-corrected chi connectivity index (χ0v) is 45.3. The first-order valence-electron chi connectivity index (χ1n) is 20.3. The van der Waals surface area contributed by atoms with Crippen molar-refractivity contribution in [2.75, 3.05) is 47.1 Å². The van der Waals surface area contributed by atoms with Crippen LogP contribution in [-0.4, -0.2) is 132 Å². The monoisotopic (exact) mass is 1250 g/mol. The van der Waals surface area contributed by atoms with Crippen LogP contribution in [-0.2, 0) is 90.7 Å². The summed E-state index contributed by atoms with van der Waals surface area (Å²) in [5, 5.41) is 38.0. The van der Waals surface area contributed by atoms with Crippen LogP contribution in [0.15, 0.2) is 106 Å². The van der Waals surface area contributed by atoms with Crippen LogP contribution in [0.25, 0.3) is 32.3 Å². The maximum Gasteiger partial charge on any atom is 0.297 e. The van der Waals surface area contributed by atoms with Gasteiger partial charge in [0.05, 0.1) is 36.0 Å². The van der Waals surface area contributed by atoms with Crippen LogP contribution in [0.3, 0.4) is 0 Å². The normalized spacial score (nSPS) is 13.7. The molecule has 6 aromatic carbocycles. The lowest BCUT2D eigenvalue weighted by Gasteiger charge is -2.15. The van der Waals surface area contributed by atoms with Crippen molar-refractivity contribution >= 4 is 174 Å². The zero-order valence-electron chi connectivity index (χ0n) is 38.1. The van der Waals surface area contributed by atoms with Gasteiger partial charge in [-0.25, -0.2) is 8.42 Å². The van der Waals surface area contributed by atoms with Crippen LogP contribution in [0.5, 0.6) is 11.5 Å². The number of azo groups is 2. The number of rotatable bonds is 21. The fourth-order valence-corrected chi connectivity index (χ4v) is 12.5. The van der Waals surface area contributed by atoms with Crippen molar-refractivity contribution in [3.05, 3.63) is 66.2 Å². The molecule has 0 aromatic heterocycles. The summed E-state index contributed by atoms with van der Waals surface area (Å²) in [6, 6.07) is 7.73.